The Morgan fingerprint density at radius 1 is 1.16 bits per heavy atom. The number of allylic oxidation sites excluding steroid dienone is 1. The van der Waals surface area contributed by atoms with Crippen LogP contribution in [-0.4, -0.2) is 59.3 Å². The van der Waals surface area contributed by atoms with Crippen LogP contribution in [0, 0.1) is 5.92 Å². The SMILES string of the molecule is CC1C/C=C/N=C(Nc2cnc3ccccc3c2)C2=C1CN(C(=O)CN1CCCCC1)C2. The van der Waals surface area contributed by atoms with Crippen LogP contribution in [0.3, 0.4) is 0 Å². The standard InChI is InChI=1S/C26H31N5O/c1-19-8-7-11-27-26(29-21-14-20-9-3-4-10-24(20)28-15-21)23-17-31(16-22(19)23)25(32)18-30-12-5-2-6-13-30/h3-4,7,9-11,14-15,19H,2,5-6,8,12-13,16-18H2,1H3,(H,27,29)/b11-7+. The second-order valence-corrected chi connectivity index (χ2v) is 9.13. The van der Waals surface area contributed by atoms with Gasteiger partial charge >= 0.3 is 0 Å². The second-order valence-electron chi connectivity index (χ2n) is 9.13. The number of carbonyl (C=O) groups is 1. The summed E-state index contributed by atoms with van der Waals surface area (Å²) in [7, 11) is 0. The number of hydrogen-bond donors (Lipinski definition) is 1. The first-order valence-corrected chi connectivity index (χ1v) is 11.7. The number of aromatic nitrogens is 1. The Morgan fingerprint density at radius 3 is 2.88 bits per heavy atom. The van der Waals surface area contributed by atoms with E-state index in [1.807, 2.05) is 35.5 Å². The molecule has 6 heteroatoms. The third-order valence-corrected chi connectivity index (χ3v) is 6.79. The summed E-state index contributed by atoms with van der Waals surface area (Å²) in [4.78, 5) is 26.7. The van der Waals surface area contributed by atoms with Crippen molar-refractivity contribution in [3.05, 3.63) is 60.0 Å². The van der Waals surface area contributed by atoms with Crippen molar-refractivity contribution >= 4 is 28.3 Å². The van der Waals surface area contributed by atoms with E-state index in [1.54, 1.807) is 0 Å². The number of nitrogens with zero attached hydrogens (tertiary/aromatic N) is 4. The number of likely N-dealkylation sites (tertiary alicyclic amines) is 1. The Morgan fingerprint density at radius 2 is 2.00 bits per heavy atom. The average molecular weight is 430 g/mol. The lowest BCUT2D eigenvalue weighted by molar-refractivity contribution is -0.131. The minimum absolute atomic E-state index is 0.227. The van der Waals surface area contributed by atoms with E-state index in [-0.39, 0.29) is 5.91 Å². The molecular weight excluding hydrogens is 398 g/mol. The van der Waals surface area contributed by atoms with Crippen molar-refractivity contribution in [1.29, 1.82) is 0 Å². The van der Waals surface area contributed by atoms with Gasteiger partial charge in [-0.25, -0.2) is 4.99 Å². The Labute approximate surface area is 189 Å². The fraction of sp³-hybridized carbons (Fsp3) is 0.423. The highest BCUT2D eigenvalue weighted by atomic mass is 16.2. The molecule has 166 valence electrons. The number of pyridine rings is 1. The number of benzene rings is 1. The fourth-order valence-electron chi connectivity index (χ4n) is 4.91. The van der Waals surface area contributed by atoms with Crippen molar-refractivity contribution in [2.24, 2.45) is 10.9 Å². The minimum atomic E-state index is 0.227. The van der Waals surface area contributed by atoms with Crippen LogP contribution in [0.5, 0.6) is 0 Å². The lowest BCUT2D eigenvalue weighted by Gasteiger charge is -2.28. The zero-order chi connectivity index (χ0) is 21.9. The number of anilines is 1. The number of piperidine rings is 1. The molecule has 0 bridgehead atoms. The molecule has 1 atom stereocenters. The van der Waals surface area contributed by atoms with Gasteiger partial charge in [0.05, 0.1) is 23.9 Å². The Balaban J connectivity index is 1.36. The molecule has 4 heterocycles. The summed E-state index contributed by atoms with van der Waals surface area (Å²) < 4.78 is 0. The molecule has 0 spiro atoms. The van der Waals surface area contributed by atoms with Crippen molar-refractivity contribution in [1.82, 2.24) is 14.8 Å². The van der Waals surface area contributed by atoms with E-state index in [9.17, 15) is 4.79 Å². The Hall–Kier alpha value is -2.99. The molecule has 1 saturated heterocycles. The van der Waals surface area contributed by atoms with Crippen LogP contribution < -0.4 is 5.32 Å². The fourth-order valence-corrected chi connectivity index (χ4v) is 4.91. The molecule has 1 aromatic heterocycles. The van der Waals surface area contributed by atoms with Crippen molar-refractivity contribution in [2.45, 2.75) is 32.6 Å². The average Bonchev–Trinajstić information content (AvgIpc) is 3.26. The molecule has 3 aliphatic rings. The molecule has 6 nitrogen and oxygen atoms in total. The molecule has 1 amide bonds. The van der Waals surface area contributed by atoms with E-state index in [2.05, 4.69) is 40.3 Å². The van der Waals surface area contributed by atoms with Gasteiger partial charge in [-0.05, 0) is 56.0 Å². The van der Waals surface area contributed by atoms with Gasteiger partial charge in [0.25, 0.3) is 0 Å². The maximum absolute atomic E-state index is 13.1. The Bertz CT molecular complexity index is 1100. The van der Waals surface area contributed by atoms with E-state index in [4.69, 9.17) is 4.99 Å². The molecule has 3 aliphatic heterocycles. The zero-order valence-corrected chi connectivity index (χ0v) is 18.8. The smallest absolute Gasteiger partial charge is 0.237 e. The summed E-state index contributed by atoms with van der Waals surface area (Å²) in [5.74, 6) is 1.44. The lowest BCUT2D eigenvalue weighted by atomic mass is 9.93. The first-order chi connectivity index (χ1) is 15.7. The van der Waals surface area contributed by atoms with E-state index in [0.717, 1.165) is 47.5 Å². The third-order valence-electron chi connectivity index (χ3n) is 6.79. The summed E-state index contributed by atoms with van der Waals surface area (Å²) in [6, 6.07) is 10.2. The summed E-state index contributed by atoms with van der Waals surface area (Å²) in [5.41, 5.74) is 4.36. The van der Waals surface area contributed by atoms with Crippen molar-refractivity contribution in [2.75, 3.05) is 38.0 Å². The summed E-state index contributed by atoms with van der Waals surface area (Å²) >= 11 is 0. The quantitative estimate of drug-likeness (QED) is 0.794. The molecule has 32 heavy (non-hydrogen) atoms. The zero-order valence-electron chi connectivity index (χ0n) is 18.8. The molecule has 0 saturated carbocycles. The highest BCUT2D eigenvalue weighted by Gasteiger charge is 2.32. The first kappa shape index (κ1) is 20.9. The molecule has 0 radical (unpaired) electrons. The van der Waals surface area contributed by atoms with Crippen LogP contribution in [-0.2, 0) is 4.79 Å². The van der Waals surface area contributed by atoms with E-state index >= 15 is 0 Å². The highest BCUT2D eigenvalue weighted by Crippen LogP contribution is 2.30. The molecule has 1 aromatic carbocycles. The van der Waals surface area contributed by atoms with Gasteiger partial charge in [0.15, 0.2) is 0 Å². The number of hydrogen-bond acceptors (Lipinski definition) is 5. The summed E-state index contributed by atoms with van der Waals surface area (Å²) in [5, 5.41) is 4.59. The second kappa shape index (κ2) is 9.25. The summed E-state index contributed by atoms with van der Waals surface area (Å²) in [6.45, 7) is 6.17. The van der Waals surface area contributed by atoms with Crippen LogP contribution >= 0.6 is 0 Å². The van der Waals surface area contributed by atoms with Crippen LogP contribution in [0.1, 0.15) is 32.6 Å². The first-order valence-electron chi connectivity index (χ1n) is 11.7. The molecule has 1 N–H and O–H groups in total. The number of fused-ring (bicyclic) bond motifs is 1. The van der Waals surface area contributed by atoms with Crippen LogP contribution in [0.15, 0.2) is 64.9 Å². The van der Waals surface area contributed by atoms with Crippen LogP contribution in [0.2, 0.25) is 0 Å². The van der Waals surface area contributed by atoms with Crippen LogP contribution in [0.25, 0.3) is 10.9 Å². The maximum Gasteiger partial charge on any atom is 0.237 e. The van der Waals surface area contributed by atoms with Crippen molar-refractivity contribution in [3.8, 4) is 0 Å². The number of para-hydroxylation sites is 1. The largest absolute Gasteiger partial charge is 0.339 e. The number of carbonyl (C=O) groups excluding carboxylic acids is 1. The topological polar surface area (TPSA) is 60.8 Å². The molecule has 5 rings (SSSR count). The van der Waals surface area contributed by atoms with Gasteiger partial charge in [0, 0.05) is 30.2 Å². The number of aliphatic imine (C=N–C) groups is 1. The van der Waals surface area contributed by atoms with Crippen LogP contribution in [0.4, 0.5) is 5.69 Å². The van der Waals surface area contributed by atoms with Gasteiger partial charge in [-0.1, -0.05) is 37.6 Å². The number of rotatable bonds is 3. The third kappa shape index (κ3) is 4.46. The van der Waals surface area contributed by atoms with Gasteiger partial charge in [0.1, 0.15) is 5.84 Å². The Kier molecular flexibility index (Phi) is 6.04. The number of amides is 1. The van der Waals surface area contributed by atoms with E-state index in [0.29, 0.717) is 25.6 Å². The summed E-state index contributed by atoms with van der Waals surface area (Å²) in [6.07, 6.45) is 10.5. The van der Waals surface area contributed by atoms with E-state index in [1.165, 1.54) is 24.8 Å². The molecule has 2 aromatic rings. The predicted molar refractivity (Wildman–Crippen MR) is 130 cm³/mol. The monoisotopic (exact) mass is 429 g/mol. The van der Waals surface area contributed by atoms with Crippen molar-refractivity contribution < 1.29 is 4.79 Å². The molecule has 1 fully saturated rings. The minimum Gasteiger partial charge on any atom is -0.339 e. The number of nitrogens with one attached hydrogen (secondary N) is 1. The predicted octanol–water partition coefficient (Wildman–Crippen LogP) is 4.22. The van der Waals surface area contributed by atoms with Crippen molar-refractivity contribution in [3.63, 3.8) is 0 Å². The molecule has 1 unspecified atom stereocenters. The highest BCUT2D eigenvalue weighted by molar-refractivity contribution is 6.10. The van der Waals surface area contributed by atoms with Gasteiger partial charge in [-0.2, -0.15) is 0 Å². The van der Waals surface area contributed by atoms with Gasteiger partial charge in [-0.3, -0.25) is 14.7 Å². The number of amidine groups is 1. The van der Waals surface area contributed by atoms with Gasteiger partial charge in [-0.15, -0.1) is 0 Å². The lowest BCUT2D eigenvalue weighted by Crippen LogP contribution is -2.42. The molecule has 0 aliphatic carbocycles. The van der Waals surface area contributed by atoms with Gasteiger partial charge in [0.2, 0.25) is 5.91 Å². The van der Waals surface area contributed by atoms with E-state index < -0.39 is 0 Å². The molecular formula is C26H31N5O. The normalized spacial score (nSPS) is 22.8. The van der Waals surface area contributed by atoms with Gasteiger partial charge < -0.3 is 10.2 Å². The maximum atomic E-state index is 13.1.